The number of pyridine rings is 3. The molecule has 0 fully saturated rings. The second-order valence-corrected chi connectivity index (χ2v) is 8.15. The Morgan fingerprint density at radius 3 is 2.34 bits per heavy atom. The van der Waals surface area contributed by atoms with Crippen LogP contribution in [0.3, 0.4) is 0 Å². The van der Waals surface area contributed by atoms with Gasteiger partial charge >= 0.3 is 5.69 Å². The second kappa shape index (κ2) is 10.4. The van der Waals surface area contributed by atoms with Gasteiger partial charge in [-0.25, -0.2) is 9.97 Å². The minimum atomic E-state index is -0.586. The van der Waals surface area contributed by atoms with Gasteiger partial charge in [-0.05, 0) is 42.5 Å². The average Bonchev–Trinajstić information content (AvgIpc) is 2.82. The Kier molecular flexibility index (Phi) is 7.14. The maximum Gasteiger partial charge on any atom is 0.311 e. The molecule has 0 spiro atoms. The van der Waals surface area contributed by atoms with Gasteiger partial charge in [-0.3, -0.25) is 19.5 Å². The van der Waals surface area contributed by atoms with Crippen LogP contribution in [0.5, 0.6) is 0 Å². The Hall–Kier alpha value is -4.15. The number of anilines is 3. The molecule has 0 amide bonds. The van der Waals surface area contributed by atoms with Crippen molar-refractivity contribution in [3.63, 3.8) is 0 Å². The van der Waals surface area contributed by atoms with Crippen molar-refractivity contribution in [2.45, 2.75) is 0 Å². The molecule has 0 saturated carbocycles. The predicted octanol–water partition coefficient (Wildman–Crippen LogP) is 4.62. The zero-order chi connectivity index (χ0) is 24.9. The standard InChI is InChI=1S/C23H19Cl2N7O3/c24-14-4-5-15(16(25)13-14)22-17(31-12-2-1-3-21(31)33)6-8-19(29-22)27-10-11-28-20-9-7-18(32(34)35)23(26)30-20/h1-9,12-13H,10-11H2,(H,27,29)(H3,26,28,30). The molecule has 4 aromatic rings. The molecule has 0 saturated heterocycles. The summed E-state index contributed by atoms with van der Waals surface area (Å²) in [5, 5.41) is 18.0. The molecule has 4 N–H and O–H groups in total. The number of hydrogen-bond acceptors (Lipinski definition) is 8. The van der Waals surface area contributed by atoms with E-state index >= 15 is 0 Å². The van der Waals surface area contributed by atoms with E-state index in [1.807, 2.05) is 0 Å². The van der Waals surface area contributed by atoms with Gasteiger partial charge in [0.05, 0.1) is 21.3 Å². The van der Waals surface area contributed by atoms with E-state index in [9.17, 15) is 14.9 Å². The van der Waals surface area contributed by atoms with Crippen molar-refractivity contribution in [1.29, 1.82) is 0 Å². The Balaban J connectivity index is 1.55. The van der Waals surface area contributed by atoms with Crippen LogP contribution in [0.4, 0.5) is 23.1 Å². The maximum absolute atomic E-state index is 12.5. The normalized spacial score (nSPS) is 10.7. The van der Waals surface area contributed by atoms with Gasteiger partial charge in [0, 0.05) is 42.0 Å². The van der Waals surface area contributed by atoms with Crippen LogP contribution in [-0.2, 0) is 0 Å². The number of aromatic nitrogens is 3. The Bertz CT molecular complexity index is 1460. The quantitative estimate of drug-likeness (QED) is 0.177. The molecule has 3 heterocycles. The van der Waals surface area contributed by atoms with Gasteiger partial charge in [-0.2, -0.15) is 0 Å². The van der Waals surface area contributed by atoms with Gasteiger partial charge in [0.15, 0.2) is 0 Å². The molecular weight excluding hydrogens is 493 g/mol. The van der Waals surface area contributed by atoms with Crippen molar-refractivity contribution in [2.24, 2.45) is 0 Å². The zero-order valence-electron chi connectivity index (χ0n) is 18.1. The number of halogens is 2. The molecule has 0 unspecified atom stereocenters. The highest BCUT2D eigenvalue weighted by atomic mass is 35.5. The summed E-state index contributed by atoms with van der Waals surface area (Å²) in [6.07, 6.45) is 1.66. The van der Waals surface area contributed by atoms with Gasteiger partial charge in [0.1, 0.15) is 11.6 Å². The van der Waals surface area contributed by atoms with E-state index in [0.29, 0.717) is 51.7 Å². The van der Waals surface area contributed by atoms with Crippen molar-refractivity contribution in [2.75, 3.05) is 29.5 Å². The molecule has 3 aromatic heterocycles. The SMILES string of the molecule is Nc1nc(NCCNc2ccc(-n3ccccc3=O)c(-c3ccc(Cl)cc3Cl)n2)ccc1[N+](=O)[O-]. The number of nitrogens with zero attached hydrogens (tertiary/aromatic N) is 4. The smallest absolute Gasteiger partial charge is 0.311 e. The van der Waals surface area contributed by atoms with Gasteiger partial charge in [-0.1, -0.05) is 29.3 Å². The first-order valence-electron chi connectivity index (χ1n) is 10.4. The van der Waals surface area contributed by atoms with E-state index in [1.165, 1.54) is 22.8 Å². The van der Waals surface area contributed by atoms with Crippen LogP contribution in [0.2, 0.25) is 10.0 Å². The first-order valence-corrected chi connectivity index (χ1v) is 11.1. The van der Waals surface area contributed by atoms with E-state index in [-0.39, 0.29) is 17.1 Å². The Labute approximate surface area is 209 Å². The first kappa shape index (κ1) is 24.0. The molecule has 0 aliphatic carbocycles. The summed E-state index contributed by atoms with van der Waals surface area (Å²) in [5.74, 6) is 0.804. The molecule has 10 nitrogen and oxygen atoms in total. The third-order valence-electron chi connectivity index (χ3n) is 4.98. The summed E-state index contributed by atoms with van der Waals surface area (Å²) in [5.41, 5.74) is 6.85. The molecule has 35 heavy (non-hydrogen) atoms. The monoisotopic (exact) mass is 511 g/mol. The molecule has 12 heteroatoms. The van der Waals surface area contributed by atoms with Gasteiger partial charge in [0.25, 0.3) is 5.56 Å². The lowest BCUT2D eigenvalue weighted by atomic mass is 10.1. The van der Waals surface area contributed by atoms with Gasteiger partial charge in [0.2, 0.25) is 5.82 Å². The highest BCUT2D eigenvalue weighted by Gasteiger charge is 2.15. The lowest BCUT2D eigenvalue weighted by molar-refractivity contribution is -0.384. The number of rotatable bonds is 8. The van der Waals surface area contributed by atoms with E-state index in [0.717, 1.165) is 0 Å². The molecule has 1 aromatic carbocycles. The van der Waals surface area contributed by atoms with Crippen LogP contribution in [0.25, 0.3) is 16.9 Å². The van der Waals surface area contributed by atoms with Crippen molar-refractivity contribution in [3.8, 4) is 16.9 Å². The van der Waals surface area contributed by atoms with Crippen molar-refractivity contribution >= 4 is 46.3 Å². The van der Waals surface area contributed by atoms with E-state index < -0.39 is 4.92 Å². The van der Waals surface area contributed by atoms with Crippen LogP contribution < -0.4 is 21.9 Å². The number of nitro groups is 1. The number of nitrogens with one attached hydrogen (secondary N) is 2. The third-order valence-corrected chi connectivity index (χ3v) is 5.53. The van der Waals surface area contributed by atoms with Gasteiger partial charge < -0.3 is 16.4 Å². The van der Waals surface area contributed by atoms with Crippen LogP contribution >= 0.6 is 23.2 Å². The molecule has 178 valence electrons. The van der Waals surface area contributed by atoms with Gasteiger partial charge in [-0.15, -0.1) is 0 Å². The Morgan fingerprint density at radius 2 is 1.69 bits per heavy atom. The summed E-state index contributed by atoms with van der Waals surface area (Å²) >= 11 is 12.5. The largest absolute Gasteiger partial charge is 0.378 e. The molecule has 4 rings (SSSR count). The van der Waals surface area contributed by atoms with E-state index in [2.05, 4.69) is 15.6 Å². The van der Waals surface area contributed by atoms with E-state index in [1.54, 1.807) is 48.7 Å². The average molecular weight is 512 g/mol. The summed E-state index contributed by atoms with van der Waals surface area (Å²) in [6, 6.07) is 16.3. The number of nitrogens with two attached hydrogens (primary N) is 1. The Morgan fingerprint density at radius 1 is 0.971 bits per heavy atom. The number of nitrogen functional groups attached to an aromatic ring is 1. The first-order chi connectivity index (χ1) is 16.8. The molecule has 0 atom stereocenters. The number of benzene rings is 1. The van der Waals surface area contributed by atoms with Crippen LogP contribution in [0, 0.1) is 10.1 Å². The van der Waals surface area contributed by atoms with Crippen molar-refractivity contribution in [3.05, 3.63) is 97.4 Å². The maximum atomic E-state index is 12.5. The summed E-state index contributed by atoms with van der Waals surface area (Å²) < 4.78 is 1.49. The highest BCUT2D eigenvalue weighted by molar-refractivity contribution is 6.36. The topological polar surface area (TPSA) is 141 Å². The molecular formula is C23H19Cl2N7O3. The van der Waals surface area contributed by atoms with Crippen molar-refractivity contribution in [1.82, 2.24) is 14.5 Å². The summed E-state index contributed by atoms with van der Waals surface area (Å²) in [4.78, 5) is 31.4. The van der Waals surface area contributed by atoms with E-state index in [4.69, 9.17) is 33.9 Å². The zero-order valence-corrected chi connectivity index (χ0v) is 19.6. The molecule has 0 radical (unpaired) electrons. The fourth-order valence-electron chi connectivity index (χ4n) is 3.35. The lowest BCUT2D eigenvalue weighted by Gasteiger charge is -2.15. The lowest BCUT2D eigenvalue weighted by Crippen LogP contribution is -2.18. The third kappa shape index (κ3) is 5.51. The minimum Gasteiger partial charge on any atom is -0.378 e. The molecule has 0 aliphatic heterocycles. The molecule has 0 aliphatic rings. The summed E-state index contributed by atoms with van der Waals surface area (Å²) in [6.45, 7) is 0.882. The van der Waals surface area contributed by atoms with Crippen LogP contribution in [-0.4, -0.2) is 32.5 Å². The second-order valence-electron chi connectivity index (χ2n) is 7.31. The van der Waals surface area contributed by atoms with Crippen LogP contribution in [0.1, 0.15) is 0 Å². The van der Waals surface area contributed by atoms with Crippen molar-refractivity contribution < 1.29 is 4.92 Å². The fourth-order valence-corrected chi connectivity index (χ4v) is 3.85. The summed E-state index contributed by atoms with van der Waals surface area (Å²) in [7, 11) is 0. The highest BCUT2D eigenvalue weighted by Crippen LogP contribution is 2.33. The molecule has 0 bridgehead atoms. The number of hydrogen-bond donors (Lipinski definition) is 3. The fraction of sp³-hybridized carbons (Fsp3) is 0.0870. The van der Waals surface area contributed by atoms with Crippen LogP contribution in [0.15, 0.2) is 71.7 Å². The minimum absolute atomic E-state index is 0.161. The predicted molar refractivity (Wildman–Crippen MR) is 138 cm³/mol.